The van der Waals surface area contributed by atoms with Gasteiger partial charge in [-0.1, -0.05) is 19.9 Å². The van der Waals surface area contributed by atoms with Gasteiger partial charge in [0.15, 0.2) is 0 Å². The van der Waals surface area contributed by atoms with Gasteiger partial charge in [-0.15, -0.1) is 0 Å². The number of likely N-dealkylation sites (N-methyl/N-ethyl adjacent to an activating group) is 1. The van der Waals surface area contributed by atoms with Crippen molar-refractivity contribution in [3.63, 3.8) is 0 Å². The lowest BCUT2D eigenvalue weighted by Gasteiger charge is -2.26. The lowest BCUT2D eigenvalue weighted by molar-refractivity contribution is 0.0777. The van der Waals surface area contributed by atoms with Crippen LogP contribution >= 0.6 is 0 Å². The van der Waals surface area contributed by atoms with Gasteiger partial charge in [0, 0.05) is 30.9 Å². The van der Waals surface area contributed by atoms with Gasteiger partial charge in [-0.2, -0.15) is 5.10 Å². The van der Waals surface area contributed by atoms with Crippen LogP contribution in [0.1, 0.15) is 47.4 Å². The van der Waals surface area contributed by atoms with E-state index in [0.717, 1.165) is 73.7 Å². The standard InChI is InChI=1S/C26H32N6O2/c1-5-30(6-2)20-11-12-31(16-20)25(33)23-15-28-32(17(23)3)26-27-14-19-8-7-18-9-10-21(34-4)13-22(18)24(19)29-26/h9-10,13-15,20H,5-8,11-12,16H2,1-4H3. The summed E-state index contributed by atoms with van der Waals surface area (Å²) in [6, 6.07) is 6.56. The zero-order chi connectivity index (χ0) is 23.8. The first-order valence-electron chi connectivity index (χ1n) is 12.2. The number of amides is 1. The number of aromatic nitrogens is 4. The number of likely N-dealkylation sites (tertiary alicyclic amines) is 1. The Morgan fingerprint density at radius 2 is 1.97 bits per heavy atom. The van der Waals surface area contributed by atoms with Gasteiger partial charge in [0.25, 0.3) is 11.9 Å². The number of carbonyl (C=O) groups is 1. The maximum atomic E-state index is 13.3. The Morgan fingerprint density at radius 1 is 1.18 bits per heavy atom. The second kappa shape index (κ2) is 9.18. The van der Waals surface area contributed by atoms with Crippen molar-refractivity contribution in [3.8, 4) is 23.0 Å². The number of benzene rings is 1. The summed E-state index contributed by atoms with van der Waals surface area (Å²) >= 11 is 0. The van der Waals surface area contributed by atoms with Crippen LogP contribution < -0.4 is 4.74 Å². The normalized spacial score (nSPS) is 17.1. The Balaban J connectivity index is 1.43. The van der Waals surface area contributed by atoms with E-state index in [4.69, 9.17) is 9.72 Å². The maximum absolute atomic E-state index is 13.3. The molecule has 1 fully saturated rings. The molecule has 3 heterocycles. The largest absolute Gasteiger partial charge is 0.497 e. The Kier molecular flexibility index (Phi) is 6.08. The molecule has 1 aliphatic heterocycles. The molecule has 0 N–H and O–H groups in total. The number of fused-ring (bicyclic) bond motifs is 3. The number of rotatable bonds is 6. The van der Waals surface area contributed by atoms with E-state index in [-0.39, 0.29) is 5.91 Å². The fraction of sp³-hybridized carbons (Fsp3) is 0.462. The minimum Gasteiger partial charge on any atom is -0.497 e. The molecule has 5 rings (SSSR count). The second-order valence-corrected chi connectivity index (χ2v) is 9.04. The molecule has 34 heavy (non-hydrogen) atoms. The van der Waals surface area contributed by atoms with Crippen molar-refractivity contribution in [3.05, 3.63) is 53.0 Å². The molecule has 1 aliphatic carbocycles. The zero-order valence-corrected chi connectivity index (χ0v) is 20.4. The Hall–Kier alpha value is -3.26. The van der Waals surface area contributed by atoms with Gasteiger partial charge < -0.3 is 9.64 Å². The summed E-state index contributed by atoms with van der Waals surface area (Å²) in [6.45, 7) is 9.82. The smallest absolute Gasteiger partial charge is 0.257 e. The van der Waals surface area contributed by atoms with Gasteiger partial charge in [0.1, 0.15) is 5.75 Å². The molecule has 1 aromatic carbocycles. The first kappa shape index (κ1) is 22.5. The lowest BCUT2D eigenvalue weighted by Crippen LogP contribution is -2.38. The molecule has 178 valence electrons. The zero-order valence-electron chi connectivity index (χ0n) is 20.4. The third kappa shape index (κ3) is 3.86. The molecule has 0 radical (unpaired) electrons. The average Bonchev–Trinajstić information content (AvgIpc) is 3.51. The van der Waals surface area contributed by atoms with E-state index in [1.165, 1.54) is 5.56 Å². The average molecular weight is 461 g/mol. The first-order valence-corrected chi connectivity index (χ1v) is 12.2. The van der Waals surface area contributed by atoms with Gasteiger partial charge in [0.05, 0.1) is 30.3 Å². The number of methoxy groups -OCH3 is 1. The minimum absolute atomic E-state index is 0.0337. The van der Waals surface area contributed by atoms with Gasteiger partial charge in [0.2, 0.25) is 0 Å². The summed E-state index contributed by atoms with van der Waals surface area (Å²) in [5.41, 5.74) is 5.73. The highest BCUT2D eigenvalue weighted by Gasteiger charge is 2.31. The molecular weight excluding hydrogens is 428 g/mol. The number of carbonyl (C=O) groups excluding carboxylic acids is 1. The predicted octanol–water partition coefficient (Wildman–Crippen LogP) is 3.30. The van der Waals surface area contributed by atoms with Crippen LogP contribution in [0.2, 0.25) is 0 Å². The van der Waals surface area contributed by atoms with Crippen LogP contribution in [0.25, 0.3) is 17.2 Å². The quantitative estimate of drug-likeness (QED) is 0.562. The number of aryl methyl sites for hydroxylation is 2. The molecular formula is C26H32N6O2. The van der Waals surface area contributed by atoms with E-state index >= 15 is 0 Å². The van der Waals surface area contributed by atoms with Crippen LogP contribution in [-0.4, -0.2) is 74.8 Å². The van der Waals surface area contributed by atoms with E-state index < -0.39 is 0 Å². The van der Waals surface area contributed by atoms with Crippen LogP contribution in [0.3, 0.4) is 0 Å². The molecule has 1 atom stereocenters. The van der Waals surface area contributed by atoms with E-state index in [9.17, 15) is 4.79 Å². The topological polar surface area (TPSA) is 76.4 Å². The summed E-state index contributed by atoms with van der Waals surface area (Å²) in [4.78, 5) is 27.2. The molecule has 2 aromatic heterocycles. The van der Waals surface area contributed by atoms with E-state index in [0.29, 0.717) is 17.6 Å². The Morgan fingerprint density at radius 3 is 2.74 bits per heavy atom. The van der Waals surface area contributed by atoms with E-state index in [2.05, 4.69) is 34.9 Å². The highest BCUT2D eigenvalue weighted by atomic mass is 16.5. The third-order valence-electron chi connectivity index (χ3n) is 7.30. The molecule has 1 unspecified atom stereocenters. The maximum Gasteiger partial charge on any atom is 0.257 e. The fourth-order valence-corrected chi connectivity index (χ4v) is 5.26. The summed E-state index contributed by atoms with van der Waals surface area (Å²) in [5.74, 6) is 1.32. The van der Waals surface area contributed by atoms with Crippen molar-refractivity contribution in [2.24, 2.45) is 0 Å². The van der Waals surface area contributed by atoms with Crippen LogP contribution in [0, 0.1) is 6.92 Å². The van der Waals surface area contributed by atoms with Gasteiger partial charge in [-0.3, -0.25) is 9.69 Å². The van der Waals surface area contributed by atoms with Crippen LogP contribution in [0.5, 0.6) is 5.75 Å². The molecule has 1 saturated heterocycles. The van der Waals surface area contributed by atoms with Crippen molar-refractivity contribution in [2.45, 2.75) is 46.1 Å². The number of hydrogen-bond acceptors (Lipinski definition) is 6. The first-order chi connectivity index (χ1) is 16.5. The lowest BCUT2D eigenvalue weighted by atomic mass is 9.90. The highest BCUT2D eigenvalue weighted by molar-refractivity contribution is 5.95. The molecule has 2 aliphatic rings. The van der Waals surface area contributed by atoms with Crippen molar-refractivity contribution in [2.75, 3.05) is 33.3 Å². The van der Waals surface area contributed by atoms with Crippen molar-refractivity contribution in [1.82, 2.24) is 29.5 Å². The number of ether oxygens (including phenoxy) is 1. The van der Waals surface area contributed by atoms with Gasteiger partial charge in [-0.25, -0.2) is 14.6 Å². The third-order valence-corrected chi connectivity index (χ3v) is 7.30. The second-order valence-electron chi connectivity index (χ2n) is 9.04. The van der Waals surface area contributed by atoms with E-state index in [1.807, 2.05) is 30.2 Å². The van der Waals surface area contributed by atoms with Gasteiger partial charge in [-0.05, 0) is 62.5 Å². The number of nitrogens with zero attached hydrogens (tertiary/aromatic N) is 6. The molecule has 1 amide bonds. The minimum atomic E-state index is 0.0337. The van der Waals surface area contributed by atoms with Crippen LogP contribution in [0.15, 0.2) is 30.6 Å². The van der Waals surface area contributed by atoms with Gasteiger partial charge >= 0.3 is 0 Å². The molecule has 8 heteroatoms. The predicted molar refractivity (Wildman–Crippen MR) is 131 cm³/mol. The summed E-state index contributed by atoms with van der Waals surface area (Å²) in [6.07, 6.45) is 6.41. The molecule has 8 nitrogen and oxygen atoms in total. The Labute approximate surface area is 200 Å². The molecule has 0 spiro atoms. The fourth-order valence-electron chi connectivity index (χ4n) is 5.26. The van der Waals surface area contributed by atoms with Crippen molar-refractivity contribution >= 4 is 5.91 Å². The molecule has 0 saturated carbocycles. The Bertz CT molecular complexity index is 1220. The molecule has 3 aromatic rings. The monoisotopic (exact) mass is 460 g/mol. The SMILES string of the molecule is CCN(CC)C1CCN(C(=O)c2cnn(-c3ncc4c(n3)-c3cc(OC)ccc3CC4)c2C)C1. The summed E-state index contributed by atoms with van der Waals surface area (Å²) in [5, 5.41) is 4.51. The number of hydrogen-bond donors (Lipinski definition) is 0. The molecule has 0 bridgehead atoms. The van der Waals surface area contributed by atoms with Crippen LogP contribution in [-0.2, 0) is 12.8 Å². The van der Waals surface area contributed by atoms with Crippen molar-refractivity contribution < 1.29 is 9.53 Å². The van der Waals surface area contributed by atoms with E-state index in [1.54, 1.807) is 18.0 Å². The highest BCUT2D eigenvalue weighted by Crippen LogP contribution is 2.34. The van der Waals surface area contributed by atoms with Crippen LogP contribution in [0.4, 0.5) is 0 Å². The van der Waals surface area contributed by atoms with Crippen molar-refractivity contribution in [1.29, 1.82) is 0 Å². The summed E-state index contributed by atoms with van der Waals surface area (Å²) < 4.78 is 7.12. The summed E-state index contributed by atoms with van der Waals surface area (Å²) in [7, 11) is 1.67.